The molecule has 35 heavy (non-hydrogen) atoms. The average molecular weight is 504 g/mol. The molecule has 3 aromatic rings. The fourth-order valence-electron chi connectivity index (χ4n) is 3.82. The highest BCUT2D eigenvalue weighted by atomic mass is 32.2. The number of piperidine rings is 1. The topological polar surface area (TPSA) is 119 Å². The van der Waals surface area contributed by atoms with Crippen molar-refractivity contribution in [2.75, 3.05) is 18.4 Å². The highest BCUT2D eigenvalue weighted by Crippen LogP contribution is 2.30. The summed E-state index contributed by atoms with van der Waals surface area (Å²) in [5.41, 5.74) is 0.771. The first-order valence-electron chi connectivity index (χ1n) is 10.5. The van der Waals surface area contributed by atoms with Crippen molar-refractivity contribution < 1.29 is 26.7 Å². The molecule has 1 aromatic carbocycles. The number of aliphatic hydroxyl groups is 1. The Morgan fingerprint density at radius 2 is 1.86 bits per heavy atom. The normalized spacial score (nSPS) is 19.2. The van der Waals surface area contributed by atoms with Gasteiger partial charge in [0.2, 0.25) is 10.0 Å². The Hall–Kier alpha value is -3.53. The van der Waals surface area contributed by atoms with Crippen LogP contribution < -0.4 is 5.32 Å². The molecule has 0 amide bonds. The Bertz CT molecular complexity index is 1340. The Balaban J connectivity index is 1.43. The molecule has 0 spiro atoms. The van der Waals surface area contributed by atoms with Crippen LogP contribution in [0.2, 0.25) is 0 Å². The number of aromatic nitrogens is 2. The van der Waals surface area contributed by atoms with Crippen LogP contribution in [0.4, 0.5) is 19.0 Å². The number of alkyl halides is 3. The van der Waals surface area contributed by atoms with Crippen LogP contribution in [0.1, 0.15) is 17.5 Å². The molecule has 1 aliphatic rings. The number of rotatable bonds is 5. The van der Waals surface area contributed by atoms with Crippen LogP contribution in [0.15, 0.2) is 66.0 Å². The van der Waals surface area contributed by atoms with Gasteiger partial charge in [-0.05, 0) is 42.3 Å². The number of hydrogen-bond donors (Lipinski definition) is 2. The first-order chi connectivity index (χ1) is 16.6. The quantitative estimate of drug-likeness (QED) is 0.549. The third-order valence-electron chi connectivity index (χ3n) is 5.71. The van der Waals surface area contributed by atoms with Crippen LogP contribution in [-0.4, -0.2) is 53.0 Å². The highest BCUT2D eigenvalue weighted by molar-refractivity contribution is 7.89. The van der Waals surface area contributed by atoms with E-state index in [9.17, 15) is 32.0 Å². The van der Waals surface area contributed by atoms with Gasteiger partial charge in [-0.15, -0.1) is 0 Å². The number of pyridine rings is 2. The van der Waals surface area contributed by atoms with Gasteiger partial charge in [0, 0.05) is 37.2 Å². The smallest absolute Gasteiger partial charge is 0.390 e. The van der Waals surface area contributed by atoms with Crippen LogP contribution in [0.5, 0.6) is 0 Å². The summed E-state index contributed by atoms with van der Waals surface area (Å²) >= 11 is 0. The second-order valence-electron chi connectivity index (χ2n) is 7.96. The molecule has 182 valence electrons. The maximum absolute atomic E-state index is 13.1. The van der Waals surface area contributed by atoms with Crippen LogP contribution in [0.25, 0.3) is 11.1 Å². The lowest BCUT2D eigenvalue weighted by Crippen LogP contribution is -2.51. The SMILES string of the molecule is N#Cc1cnccc1-c1ccc(S(=O)(=O)N2CC[C@@H](Nc3ccc(C(F)(F)F)cn3)[C@@H](O)C2)cc1. The lowest BCUT2D eigenvalue weighted by atomic mass is 10.0. The molecule has 0 aliphatic carbocycles. The van der Waals surface area contributed by atoms with Gasteiger partial charge in [0.1, 0.15) is 11.9 Å². The molecular formula is C23H20F3N5O3S. The maximum Gasteiger partial charge on any atom is 0.417 e. The van der Waals surface area contributed by atoms with Gasteiger partial charge >= 0.3 is 6.18 Å². The maximum atomic E-state index is 13.1. The lowest BCUT2D eigenvalue weighted by molar-refractivity contribution is -0.137. The summed E-state index contributed by atoms with van der Waals surface area (Å²) in [6.07, 6.45) is -1.70. The Kier molecular flexibility index (Phi) is 6.75. The van der Waals surface area contributed by atoms with Crippen LogP contribution >= 0.6 is 0 Å². The number of aliphatic hydroxyl groups excluding tert-OH is 1. The van der Waals surface area contributed by atoms with E-state index in [1.807, 2.05) is 6.07 Å². The summed E-state index contributed by atoms with van der Waals surface area (Å²) in [7, 11) is -3.90. The predicted octanol–water partition coefficient (Wildman–Crippen LogP) is 3.27. The molecule has 1 aliphatic heterocycles. The van der Waals surface area contributed by atoms with Crippen LogP contribution in [0.3, 0.4) is 0 Å². The van der Waals surface area contributed by atoms with Gasteiger partial charge in [-0.2, -0.15) is 22.7 Å². The number of anilines is 1. The van der Waals surface area contributed by atoms with E-state index in [0.717, 1.165) is 10.4 Å². The summed E-state index contributed by atoms with van der Waals surface area (Å²) in [5.74, 6) is 0.154. The zero-order valence-electron chi connectivity index (χ0n) is 18.1. The van der Waals surface area contributed by atoms with E-state index < -0.39 is 33.9 Å². The lowest BCUT2D eigenvalue weighted by Gasteiger charge is -2.35. The minimum atomic E-state index is -4.50. The average Bonchev–Trinajstić information content (AvgIpc) is 2.85. The van der Waals surface area contributed by atoms with Gasteiger partial charge in [-0.1, -0.05) is 12.1 Å². The molecule has 1 fully saturated rings. The first-order valence-corrected chi connectivity index (χ1v) is 12.0. The molecule has 8 nitrogen and oxygen atoms in total. The van der Waals surface area contributed by atoms with Crippen molar-refractivity contribution in [2.45, 2.75) is 29.6 Å². The van der Waals surface area contributed by atoms with E-state index in [2.05, 4.69) is 15.3 Å². The monoisotopic (exact) mass is 503 g/mol. The van der Waals surface area contributed by atoms with E-state index in [1.165, 1.54) is 24.4 Å². The van der Waals surface area contributed by atoms with Crippen molar-refractivity contribution in [3.63, 3.8) is 0 Å². The largest absolute Gasteiger partial charge is 0.417 e. The van der Waals surface area contributed by atoms with Gasteiger partial charge in [0.15, 0.2) is 0 Å². The van der Waals surface area contributed by atoms with Gasteiger partial charge < -0.3 is 10.4 Å². The molecule has 0 unspecified atom stereocenters. The second kappa shape index (κ2) is 9.61. The highest BCUT2D eigenvalue weighted by Gasteiger charge is 2.35. The molecule has 2 N–H and O–H groups in total. The molecule has 1 saturated heterocycles. The zero-order valence-corrected chi connectivity index (χ0v) is 19.0. The van der Waals surface area contributed by atoms with Gasteiger partial charge in [-0.25, -0.2) is 13.4 Å². The molecule has 0 saturated carbocycles. The van der Waals surface area contributed by atoms with E-state index in [0.29, 0.717) is 22.9 Å². The summed E-state index contributed by atoms with van der Waals surface area (Å²) in [5, 5.41) is 22.7. The minimum Gasteiger partial charge on any atom is -0.390 e. The Morgan fingerprint density at radius 1 is 1.11 bits per heavy atom. The van der Waals surface area contributed by atoms with Crippen molar-refractivity contribution in [1.29, 1.82) is 5.26 Å². The third kappa shape index (κ3) is 5.27. The molecule has 4 rings (SSSR count). The fourth-order valence-corrected chi connectivity index (χ4v) is 5.29. The predicted molar refractivity (Wildman–Crippen MR) is 120 cm³/mol. The molecule has 3 heterocycles. The van der Waals surface area contributed by atoms with Crippen molar-refractivity contribution in [3.05, 3.63) is 72.2 Å². The number of sulfonamides is 1. The number of nitrogens with zero attached hydrogens (tertiary/aromatic N) is 4. The molecule has 2 atom stereocenters. The molecule has 0 radical (unpaired) electrons. The van der Waals surface area contributed by atoms with Gasteiger partial charge in [-0.3, -0.25) is 4.98 Å². The summed E-state index contributed by atoms with van der Waals surface area (Å²) in [6, 6.07) is 11.3. The molecule has 2 aromatic heterocycles. The van der Waals surface area contributed by atoms with Crippen LogP contribution in [-0.2, 0) is 16.2 Å². The van der Waals surface area contributed by atoms with Crippen molar-refractivity contribution in [2.24, 2.45) is 0 Å². The van der Waals surface area contributed by atoms with Gasteiger partial charge in [0.05, 0.1) is 28.2 Å². The number of benzene rings is 1. The third-order valence-corrected chi connectivity index (χ3v) is 7.59. The first kappa shape index (κ1) is 24.6. The number of hydrogen-bond acceptors (Lipinski definition) is 7. The van der Waals surface area contributed by atoms with Crippen molar-refractivity contribution in [3.8, 4) is 17.2 Å². The fraction of sp³-hybridized carbons (Fsp3) is 0.261. The molecular weight excluding hydrogens is 483 g/mol. The summed E-state index contributed by atoms with van der Waals surface area (Å²) in [6.45, 7) is -0.0896. The van der Waals surface area contributed by atoms with E-state index in [-0.39, 0.29) is 30.2 Å². The van der Waals surface area contributed by atoms with Crippen molar-refractivity contribution >= 4 is 15.8 Å². The minimum absolute atomic E-state index is 0.0387. The molecule has 12 heteroatoms. The summed E-state index contributed by atoms with van der Waals surface area (Å²) < 4.78 is 65.5. The Labute approximate surface area is 199 Å². The number of halogens is 3. The Morgan fingerprint density at radius 3 is 2.46 bits per heavy atom. The van der Waals surface area contributed by atoms with E-state index in [1.54, 1.807) is 24.4 Å². The second-order valence-corrected chi connectivity index (χ2v) is 9.90. The van der Waals surface area contributed by atoms with Crippen molar-refractivity contribution in [1.82, 2.24) is 14.3 Å². The number of nitriles is 1. The van der Waals surface area contributed by atoms with Gasteiger partial charge in [0.25, 0.3) is 0 Å². The number of nitrogens with one attached hydrogen (secondary N) is 1. The summed E-state index contributed by atoms with van der Waals surface area (Å²) in [4.78, 5) is 7.68. The van der Waals surface area contributed by atoms with E-state index >= 15 is 0 Å². The standard InChI is InChI=1S/C23H20F3N5O3S/c24-23(25,26)17-3-6-22(29-13-17)30-20-8-10-31(14-21(20)32)35(33,34)18-4-1-15(2-5-18)19-7-9-28-12-16(19)11-27/h1-7,9,12-13,20-21,32H,8,10,14H2,(H,29,30)/t20-,21+/m1/s1. The zero-order chi connectivity index (χ0) is 25.2. The van der Waals surface area contributed by atoms with Crippen LogP contribution in [0, 0.1) is 11.3 Å². The molecule has 0 bridgehead atoms. The van der Waals surface area contributed by atoms with E-state index in [4.69, 9.17) is 0 Å². The number of β-amino-alcohol motifs (C(OH)–C–C–N with tert-alkyl or cyclic N) is 1.